The second kappa shape index (κ2) is 6.19. The number of aromatic nitrogens is 2. The van der Waals surface area contributed by atoms with E-state index in [0.29, 0.717) is 11.1 Å². The van der Waals surface area contributed by atoms with Crippen LogP contribution in [0.1, 0.15) is 25.0 Å². The third kappa shape index (κ3) is 2.47. The molecule has 5 nitrogen and oxygen atoms in total. The van der Waals surface area contributed by atoms with Crippen LogP contribution < -0.4 is 11.2 Å². The molecule has 0 radical (unpaired) electrons. The van der Waals surface area contributed by atoms with E-state index in [4.69, 9.17) is 11.0 Å². The molecule has 3 rings (SSSR count). The maximum absolute atomic E-state index is 12.1. The molecule has 4 N–H and O–H groups in total. The van der Waals surface area contributed by atoms with Crippen LogP contribution in [0.5, 0.6) is 0 Å². The van der Waals surface area contributed by atoms with E-state index in [-0.39, 0.29) is 11.1 Å². The molecule has 5 heteroatoms. The van der Waals surface area contributed by atoms with Crippen LogP contribution >= 0.6 is 0 Å². The lowest BCUT2D eigenvalue weighted by Gasteiger charge is -2.02. The van der Waals surface area contributed by atoms with E-state index in [1.165, 1.54) is 6.20 Å². The number of nitriles is 1. The van der Waals surface area contributed by atoms with E-state index in [1.54, 1.807) is 18.5 Å². The highest BCUT2D eigenvalue weighted by molar-refractivity contribution is 5.96. The van der Waals surface area contributed by atoms with Gasteiger partial charge >= 0.3 is 0 Å². The van der Waals surface area contributed by atoms with Gasteiger partial charge in [-0.15, -0.1) is 0 Å². The zero-order valence-electron chi connectivity index (χ0n) is 12.8. The first kappa shape index (κ1) is 15.4. The summed E-state index contributed by atoms with van der Waals surface area (Å²) >= 11 is 0. The lowest BCUT2D eigenvalue weighted by atomic mass is 10.0. The SMILES string of the molecule is CC.Cc1cc2[nH]cc(-c3c[nH]cc(N)c3=O)c2cc1C#N. The molecular formula is C17H18N4O. The van der Waals surface area contributed by atoms with Crippen LogP contribution in [0.2, 0.25) is 0 Å². The molecule has 1 aromatic carbocycles. The summed E-state index contributed by atoms with van der Waals surface area (Å²) in [7, 11) is 0. The van der Waals surface area contributed by atoms with Crippen LogP contribution in [0, 0.1) is 18.3 Å². The summed E-state index contributed by atoms with van der Waals surface area (Å²) < 4.78 is 0. The number of fused-ring (bicyclic) bond motifs is 1. The van der Waals surface area contributed by atoms with Gasteiger partial charge in [0.05, 0.1) is 17.3 Å². The number of nitrogen functional groups attached to an aromatic ring is 1. The standard InChI is InChI=1S/C15H12N4O.C2H6/c1-8-2-14-10(3-9(8)4-16)11(6-19-14)12-5-18-7-13(17)15(12)20;1-2/h2-3,5-7,19H,17H2,1H3,(H,18,20);1-2H3. The van der Waals surface area contributed by atoms with Gasteiger partial charge in [-0.25, -0.2) is 0 Å². The van der Waals surface area contributed by atoms with E-state index in [9.17, 15) is 4.79 Å². The van der Waals surface area contributed by atoms with Crippen molar-refractivity contribution in [2.75, 3.05) is 5.73 Å². The molecule has 0 unspecified atom stereocenters. The van der Waals surface area contributed by atoms with E-state index < -0.39 is 0 Å². The monoisotopic (exact) mass is 294 g/mol. The normalized spacial score (nSPS) is 9.91. The Kier molecular flexibility index (Phi) is 4.33. The predicted molar refractivity (Wildman–Crippen MR) is 89.6 cm³/mol. The first-order valence-electron chi connectivity index (χ1n) is 7.10. The quantitative estimate of drug-likeness (QED) is 0.642. The molecule has 3 aromatic rings. The Labute approximate surface area is 128 Å². The number of hydrogen-bond donors (Lipinski definition) is 3. The van der Waals surface area contributed by atoms with Crippen LogP contribution in [0.3, 0.4) is 0 Å². The van der Waals surface area contributed by atoms with Crippen LogP contribution in [0.25, 0.3) is 22.0 Å². The van der Waals surface area contributed by atoms with Gasteiger partial charge in [-0.2, -0.15) is 5.26 Å². The molecule has 0 aliphatic heterocycles. The number of nitrogens with zero attached hydrogens (tertiary/aromatic N) is 1. The number of nitrogens with two attached hydrogens (primary N) is 1. The van der Waals surface area contributed by atoms with Crippen LogP contribution in [0.15, 0.2) is 35.5 Å². The number of H-pyrrole nitrogens is 2. The molecule has 0 aliphatic rings. The van der Waals surface area contributed by atoms with Gasteiger partial charge in [0, 0.05) is 40.6 Å². The minimum Gasteiger partial charge on any atom is -0.394 e. The minimum atomic E-state index is -0.219. The Morgan fingerprint density at radius 3 is 2.55 bits per heavy atom. The maximum Gasteiger partial charge on any atom is 0.212 e. The summed E-state index contributed by atoms with van der Waals surface area (Å²) in [4.78, 5) is 18.1. The summed E-state index contributed by atoms with van der Waals surface area (Å²) in [6, 6.07) is 5.85. The molecule has 0 spiro atoms. The highest BCUT2D eigenvalue weighted by atomic mass is 16.1. The van der Waals surface area contributed by atoms with E-state index in [0.717, 1.165) is 22.0 Å². The number of benzene rings is 1. The van der Waals surface area contributed by atoms with E-state index >= 15 is 0 Å². The average Bonchev–Trinajstić information content (AvgIpc) is 2.93. The summed E-state index contributed by atoms with van der Waals surface area (Å²) in [6.07, 6.45) is 4.84. The molecule has 0 bridgehead atoms. The van der Waals surface area contributed by atoms with Crippen molar-refractivity contribution in [2.24, 2.45) is 0 Å². The molecule has 0 amide bonds. The Morgan fingerprint density at radius 1 is 1.14 bits per heavy atom. The summed E-state index contributed by atoms with van der Waals surface area (Å²) in [5.74, 6) is 0. The Balaban J connectivity index is 0.000000847. The third-order valence-corrected chi connectivity index (χ3v) is 3.41. The molecule has 112 valence electrons. The molecule has 0 saturated carbocycles. The number of hydrogen-bond acceptors (Lipinski definition) is 3. The zero-order valence-corrected chi connectivity index (χ0v) is 12.8. The second-order valence-corrected chi connectivity index (χ2v) is 4.68. The lowest BCUT2D eigenvalue weighted by Crippen LogP contribution is -2.10. The Morgan fingerprint density at radius 2 is 1.86 bits per heavy atom. The topological polar surface area (TPSA) is 98.5 Å². The number of aromatic amines is 2. The van der Waals surface area contributed by atoms with Gasteiger partial charge in [-0.1, -0.05) is 13.8 Å². The largest absolute Gasteiger partial charge is 0.394 e. The molecule has 2 heterocycles. The van der Waals surface area contributed by atoms with Gasteiger partial charge in [0.2, 0.25) is 5.43 Å². The van der Waals surface area contributed by atoms with Crippen molar-refractivity contribution < 1.29 is 0 Å². The lowest BCUT2D eigenvalue weighted by molar-refractivity contribution is 1.31. The van der Waals surface area contributed by atoms with Crippen LogP contribution in [0.4, 0.5) is 5.69 Å². The average molecular weight is 294 g/mol. The van der Waals surface area contributed by atoms with Gasteiger partial charge in [0.1, 0.15) is 0 Å². The first-order chi connectivity index (χ1) is 10.6. The summed E-state index contributed by atoms with van der Waals surface area (Å²) in [5.41, 5.74) is 9.21. The molecule has 0 atom stereocenters. The van der Waals surface area contributed by atoms with Crippen molar-refractivity contribution in [1.82, 2.24) is 9.97 Å². The van der Waals surface area contributed by atoms with Crippen molar-refractivity contribution in [3.05, 3.63) is 52.1 Å². The van der Waals surface area contributed by atoms with Gasteiger partial charge in [-0.05, 0) is 24.6 Å². The van der Waals surface area contributed by atoms with Crippen molar-refractivity contribution in [1.29, 1.82) is 5.26 Å². The van der Waals surface area contributed by atoms with Gasteiger partial charge in [-0.3, -0.25) is 4.79 Å². The number of pyridine rings is 1. The molecule has 22 heavy (non-hydrogen) atoms. The maximum atomic E-state index is 12.1. The van der Waals surface area contributed by atoms with Crippen LogP contribution in [-0.2, 0) is 0 Å². The number of aryl methyl sites for hydroxylation is 1. The fraction of sp³-hybridized carbons (Fsp3) is 0.176. The molecule has 2 aromatic heterocycles. The second-order valence-electron chi connectivity index (χ2n) is 4.68. The molecule has 0 aliphatic carbocycles. The minimum absolute atomic E-state index is 0.171. The Bertz CT molecular complexity index is 913. The van der Waals surface area contributed by atoms with Gasteiger partial charge in [0.25, 0.3) is 0 Å². The van der Waals surface area contributed by atoms with E-state index in [1.807, 2.05) is 26.8 Å². The van der Waals surface area contributed by atoms with Crippen molar-refractivity contribution in [3.63, 3.8) is 0 Å². The smallest absolute Gasteiger partial charge is 0.212 e. The predicted octanol–water partition coefficient (Wildman–Crippen LogP) is 3.31. The van der Waals surface area contributed by atoms with Gasteiger partial charge in [0.15, 0.2) is 0 Å². The van der Waals surface area contributed by atoms with Crippen molar-refractivity contribution in [3.8, 4) is 17.2 Å². The Hall–Kier alpha value is -3.00. The van der Waals surface area contributed by atoms with Gasteiger partial charge < -0.3 is 15.7 Å². The highest BCUT2D eigenvalue weighted by Gasteiger charge is 2.12. The fourth-order valence-electron chi connectivity index (χ4n) is 2.32. The van der Waals surface area contributed by atoms with Crippen molar-refractivity contribution >= 4 is 16.6 Å². The van der Waals surface area contributed by atoms with E-state index in [2.05, 4.69) is 16.0 Å². The summed E-state index contributed by atoms with van der Waals surface area (Å²) in [5, 5.41) is 9.96. The first-order valence-corrected chi connectivity index (χ1v) is 7.10. The molecule has 0 saturated heterocycles. The third-order valence-electron chi connectivity index (χ3n) is 3.41. The van der Waals surface area contributed by atoms with Crippen molar-refractivity contribution in [2.45, 2.75) is 20.8 Å². The molecule has 0 fully saturated rings. The number of nitrogens with one attached hydrogen (secondary N) is 2. The number of rotatable bonds is 1. The zero-order chi connectivity index (χ0) is 16.3. The molecular weight excluding hydrogens is 276 g/mol. The fourth-order valence-corrected chi connectivity index (χ4v) is 2.32. The van der Waals surface area contributed by atoms with Crippen LogP contribution in [-0.4, -0.2) is 9.97 Å². The summed E-state index contributed by atoms with van der Waals surface area (Å²) in [6.45, 7) is 5.88. The number of anilines is 1. The highest BCUT2D eigenvalue weighted by Crippen LogP contribution is 2.28.